The van der Waals surface area contributed by atoms with Crippen molar-refractivity contribution in [3.8, 4) is 0 Å². The molecule has 1 atom stereocenters. The van der Waals surface area contributed by atoms with Gasteiger partial charge in [0.2, 0.25) is 6.41 Å². The molecule has 0 aromatic carbocycles. The Morgan fingerprint density at radius 3 is 2.25 bits per heavy atom. The quantitative estimate of drug-likeness (QED) is 0.411. The van der Waals surface area contributed by atoms with Crippen LogP contribution in [0.25, 0.3) is 0 Å². The van der Waals surface area contributed by atoms with Crippen LogP contribution >= 0.6 is 15.9 Å². The van der Waals surface area contributed by atoms with Crippen molar-refractivity contribution in [2.75, 3.05) is 11.9 Å². The van der Waals surface area contributed by atoms with Gasteiger partial charge in [0.05, 0.1) is 24.4 Å². The molecule has 0 aliphatic carbocycles. The van der Waals surface area contributed by atoms with Crippen molar-refractivity contribution in [3.05, 3.63) is 0 Å². The molecule has 0 saturated carbocycles. The summed E-state index contributed by atoms with van der Waals surface area (Å²) in [6, 6.07) is -0.112. The Morgan fingerprint density at radius 1 is 1.38 bits per heavy atom. The van der Waals surface area contributed by atoms with Crippen molar-refractivity contribution in [1.29, 1.82) is 0 Å². The summed E-state index contributed by atoms with van der Waals surface area (Å²) >= 11 is 3.35. The normalized spacial score (nSPS) is 13.9. The van der Waals surface area contributed by atoms with Gasteiger partial charge in [-0.25, -0.2) is 5.06 Å². The lowest BCUT2D eigenvalue weighted by Crippen LogP contribution is -2.44. The van der Waals surface area contributed by atoms with E-state index in [1.807, 2.05) is 34.6 Å². The summed E-state index contributed by atoms with van der Waals surface area (Å²) in [5, 5.41) is 1.94. The SMILES string of the molecule is CC(C)OCC(CBr)N(C=O)OC(C)(C)C. The van der Waals surface area contributed by atoms with E-state index in [9.17, 15) is 4.79 Å². The van der Waals surface area contributed by atoms with Gasteiger partial charge in [-0.15, -0.1) is 0 Å². The van der Waals surface area contributed by atoms with Crippen LogP contribution in [0, 0.1) is 0 Å². The number of carbonyl (C=O) groups excluding carboxylic acids is 1. The summed E-state index contributed by atoms with van der Waals surface area (Å²) in [5.41, 5.74) is -0.390. The number of hydrogen-bond donors (Lipinski definition) is 0. The van der Waals surface area contributed by atoms with E-state index < -0.39 is 0 Å². The predicted octanol–water partition coefficient (Wildman–Crippen LogP) is 2.36. The van der Waals surface area contributed by atoms with E-state index in [1.165, 1.54) is 5.06 Å². The van der Waals surface area contributed by atoms with Crippen LogP contribution in [-0.4, -0.2) is 41.2 Å². The number of nitrogens with zero attached hydrogens (tertiary/aromatic N) is 1. The molecule has 4 nitrogen and oxygen atoms in total. The second-order valence-corrected chi connectivity index (χ2v) is 5.51. The zero-order valence-corrected chi connectivity index (χ0v) is 12.3. The van der Waals surface area contributed by atoms with Crippen LogP contribution in [0.1, 0.15) is 34.6 Å². The first kappa shape index (κ1) is 15.9. The molecule has 0 bridgehead atoms. The van der Waals surface area contributed by atoms with Gasteiger partial charge in [0, 0.05) is 5.33 Å². The Balaban J connectivity index is 4.33. The molecule has 1 amide bonds. The number of carbonyl (C=O) groups is 1. The van der Waals surface area contributed by atoms with Gasteiger partial charge in [-0.3, -0.25) is 9.63 Å². The zero-order chi connectivity index (χ0) is 12.8. The summed E-state index contributed by atoms with van der Waals surface area (Å²) in [6.45, 7) is 10.1. The van der Waals surface area contributed by atoms with Crippen LogP contribution in [0.4, 0.5) is 0 Å². The number of amides is 1. The van der Waals surface area contributed by atoms with Gasteiger partial charge in [-0.05, 0) is 34.6 Å². The summed E-state index contributed by atoms with van der Waals surface area (Å²) in [5.74, 6) is 0. The molecule has 0 aliphatic rings. The molecular weight excluding hydrogens is 274 g/mol. The van der Waals surface area contributed by atoms with Crippen LogP contribution in [0.3, 0.4) is 0 Å². The molecular formula is C11H22BrNO3. The van der Waals surface area contributed by atoms with Gasteiger partial charge >= 0.3 is 0 Å². The highest BCUT2D eigenvalue weighted by Gasteiger charge is 2.23. The van der Waals surface area contributed by atoms with Crippen LogP contribution in [-0.2, 0) is 14.4 Å². The van der Waals surface area contributed by atoms with Crippen molar-refractivity contribution in [2.24, 2.45) is 0 Å². The van der Waals surface area contributed by atoms with E-state index in [4.69, 9.17) is 9.57 Å². The van der Waals surface area contributed by atoms with Gasteiger partial charge < -0.3 is 4.74 Å². The molecule has 0 radical (unpaired) electrons. The largest absolute Gasteiger partial charge is 0.377 e. The molecule has 1 unspecified atom stereocenters. The molecule has 0 fully saturated rings. The van der Waals surface area contributed by atoms with Crippen LogP contribution in [0.15, 0.2) is 0 Å². The van der Waals surface area contributed by atoms with Crippen LogP contribution in [0.5, 0.6) is 0 Å². The number of ether oxygens (including phenoxy) is 1. The van der Waals surface area contributed by atoms with Gasteiger partial charge in [-0.2, -0.15) is 0 Å². The summed E-state index contributed by atoms with van der Waals surface area (Å²) in [7, 11) is 0. The van der Waals surface area contributed by atoms with E-state index in [2.05, 4.69) is 15.9 Å². The molecule has 0 aromatic rings. The smallest absolute Gasteiger partial charge is 0.233 e. The lowest BCUT2D eigenvalue weighted by molar-refractivity contribution is -0.235. The second kappa shape index (κ2) is 7.25. The molecule has 16 heavy (non-hydrogen) atoms. The first-order chi connectivity index (χ1) is 7.30. The Bertz CT molecular complexity index is 204. The minimum atomic E-state index is -0.390. The van der Waals surface area contributed by atoms with Crippen molar-refractivity contribution in [1.82, 2.24) is 5.06 Å². The minimum Gasteiger partial charge on any atom is -0.377 e. The van der Waals surface area contributed by atoms with Crippen LogP contribution < -0.4 is 0 Å². The fourth-order valence-electron chi connectivity index (χ4n) is 0.988. The highest BCUT2D eigenvalue weighted by molar-refractivity contribution is 9.09. The van der Waals surface area contributed by atoms with Gasteiger partial charge in [0.25, 0.3) is 0 Å². The van der Waals surface area contributed by atoms with Gasteiger partial charge in [0.15, 0.2) is 0 Å². The number of halogens is 1. The van der Waals surface area contributed by atoms with Crippen molar-refractivity contribution < 1.29 is 14.4 Å². The zero-order valence-electron chi connectivity index (χ0n) is 10.7. The van der Waals surface area contributed by atoms with Gasteiger partial charge in [-0.1, -0.05) is 15.9 Å². The average Bonchev–Trinajstić information content (AvgIpc) is 2.14. The van der Waals surface area contributed by atoms with E-state index in [1.54, 1.807) is 0 Å². The average molecular weight is 296 g/mol. The topological polar surface area (TPSA) is 38.8 Å². The molecule has 0 N–H and O–H groups in total. The molecule has 0 aromatic heterocycles. The number of hydrogen-bond acceptors (Lipinski definition) is 3. The molecule has 0 saturated heterocycles. The maximum atomic E-state index is 11.0. The number of hydroxylamine groups is 2. The predicted molar refractivity (Wildman–Crippen MR) is 67.4 cm³/mol. The Morgan fingerprint density at radius 2 is 1.94 bits per heavy atom. The van der Waals surface area contributed by atoms with Crippen molar-refractivity contribution >= 4 is 22.3 Å². The standard InChI is InChI=1S/C11H22BrNO3/c1-9(2)15-7-10(6-12)13(8-14)16-11(3,4)5/h8-10H,6-7H2,1-5H3. The van der Waals surface area contributed by atoms with E-state index >= 15 is 0 Å². The summed E-state index contributed by atoms with van der Waals surface area (Å²) in [4.78, 5) is 16.5. The Kier molecular flexibility index (Phi) is 7.19. The highest BCUT2D eigenvalue weighted by Crippen LogP contribution is 2.13. The highest BCUT2D eigenvalue weighted by atomic mass is 79.9. The van der Waals surface area contributed by atoms with E-state index in [0.717, 1.165) is 0 Å². The first-order valence-electron chi connectivity index (χ1n) is 5.40. The molecule has 0 rings (SSSR count). The molecule has 5 heteroatoms. The second-order valence-electron chi connectivity index (χ2n) is 4.86. The van der Waals surface area contributed by atoms with E-state index in [-0.39, 0.29) is 17.7 Å². The third-order valence-corrected chi connectivity index (χ3v) is 2.39. The van der Waals surface area contributed by atoms with Gasteiger partial charge in [0.1, 0.15) is 0 Å². The van der Waals surface area contributed by atoms with Crippen molar-refractivity contribution in [3.63, 3.8) is 0 Å². The molecule has 96 valence electrons. The first-order valence-corrected chi connectivity index (χ1v) is 6.52. The van der Waals surface area contributed by atoms with E-state index in [0.29, 0.717) is 18.3 Å². The molecule has 0 spiro atoms. The Labute approximate surface area is 106 Å². The number of rotatable bonds is 7. The minimum absolute atomic E-state index is 0.112. The lowest BCUT2D eigenvalue weighted by Gasteiger charge is -2.32. The number of alkyl halides is 1. The summed E-state index contributed by atoms with van der Waals surface area (Å²) in [6.07, 6.45) is 0.839. The van der Waals surface area contributed by atoms with Crippen molar-refractivity contribution in [2.45, 2.75) is 52.4 Å². The fourth-order valence-corrected chi connectivity index (χ4v) is 1.46. The maximum absolute atomic E-state index is 11.0. The Hall–Kier alpha value is -0.130. The third-order valence-electron chi connectivity index (χ3n) is 1.64. The maximum Gasteiger partial charge on any atom is 0.233 e. The molecule has 0 heterocycles. The monoisotopic (exact) mass is 295 g/mol. The van der Waals surface area contributed by atoms with Crippen LogP contribution in [0.2, 0.25) is 0 Å². The lowest BCUT2D eigenvalue weighted by atomic mass is 10.2. The fraction of sp³-hybridized carbons (Fsp3) is 0.909. The molecule has 0 aliphatic heterocycles. The summed E-state index contributed by atoms with van der Waals surface area (Å²) < 4.78 is 5.48. The third kappa shape index (κ3) is 7.19.